The highest BCUT2D eigenvalue weighted by Crippen LogP contribution is 2.16. The van der Waals surface area contributed by atoms with Crippen LogP contribution in [0.25, 0.3) is 16.6 Å². The molecule has 1 aromatic carbocycles. The van der Waals surface area contributed by atoms with Crippen LogP contribution in [0.4, 0.5) is 0 Å². The van der Waals surface area contributed by atoms with Crippen LogP contribution in [0.15, 0.2) is 48.8 Å². The van der Waals surface area contributed by atoms with Gasteiger partial charge < -0.3 is 0 Å². The van der Waals surface area contributed by atoms with Crippen molar-refractivity contribution in [2.75, 3.05) is 0 Å². The standard InChI is InChI=1S/C15H15N3/c1-11(2)14-8-7-13(9-16-14)18-10-12-5-3-4-6-15(12)17-18/h3-11H,1-2H3. The molecule has 0 saturated heterocycles. The summed E-state index contributed by atoms with van der Waals surface area (Å²) >= 11 is 0. The molecule has 0 aliphatic carbocycles. The number of hydrogen-bond donors (Lipinski definition) is 0. The molecule has 3 aromatic rings. The van der Waals surface area contributed by atoms with E-state index in [1.807, 2.05) is 35.3 Å². The highest BCUT2D eigenvalue weighted by Gasteiger charge is 2.04. The van der Waals surface area contributed by atoms with Gasteiger partial charge in [-0.1, -0.05) is 32.0 Å². The number of aromatic nitrogens is 3. The van der Waals surface area contributed by atoms with E-state index in [1.165, 1.54) is 0 Å². The Labute approximate surface area is 106 Å². The number of pyridine rings is 1. The van der Waals surface area contributed by atoms with Crippen LogP contribution in [0.3, 0.4) is 0 Å². The van der Waals surface area contributed by atoms with Gasteiger partial charge in [0.15, 0.2) is 0 Å². The fourth-order valence-electron chi connectivity index (χ4n) is 1.97. The molecule has 90 valence electrons. The summed E-state index contributed by atoms with van der Waals surface area (Å²) < 4.78 is 1.88. The third-order valence-electron chi connectivity index (χ3n) is 3.04. The molecule has 0 atom stereocenters. The summed E-state index contributed by atoms with van der Waals surface area (Å²) in [5.41, 5.74) is 3.11. The predicted octanol–water partition coefficient (Wildman–Crippen LogP) is 3.54. The second kappa shape index (κ2) is 4.26. The number of hydrogen-bond acceptors (Lipinski definition) is 2. The maximum absolute atomic E-state index is 4.53. The molecule has 2 aromatic heterocycles. The molecule has 0 unspecified atom stereocenters. The van der Waals surface area contributed by atoms with Crippen molar-refractivity contribution in [1.29, 1.82) is 0 Å². The molecule has 3 nitrogen and oxygen atoms in total. The van der Waals surface area contributed by atoms with Crippen molar-refractivity contribution in [2.45, 2.75) is 19.8 Å². The van der Waals surface area contributed by atoms with Gasteiger partial charge in [0.2, 0.25) is 0 Å². The van der Waals surface area contributed by atoms with Crippen molar-refractivity contribution >= 4 is 10.9 Å². The Bertz CT molecular complexity index is 633. The molecule has 0 spiro atoms. The molecule has 0 radical (unpaired) electrons. The van der Waals surface area contributed by atoms with Crippen LogP contribution in [0.1, 0.15) is 25.5 Å². The van der Waals surface area contributed by atoms with Crippen molar-refractivity contribution in [1.82, 2.24) is 14.8 Å². The zero-order chi connectivity index (χ0) is 12.5. The Morgan fingerprint density at radius 2 is 1.89 bits per heavy atom. The van der Waals surface area contributed by atoms with E-state index in [0.717, 1.165) is 22.3 Å². The second-order valence-electron chi connectivity index (χ2n) is 4.73. The zero-order valence-corrected chi connectivity index (χ0v) is 10.5. The van der Waals surface area contributed by atoms with Crippen LogP contribution in [0.5, 0.6) is 0 Å². The maximum Gasteiger partial charge on any atom is 0.0927 e. The van der Waals surface area contributed by atoms with Crippen molar-refractivity contribution in [3.63, 3.8) is 0 Å². The summed E-state index contributed by atoms with van der Waals surface area (Å²) in [6.07, 6.45) is 3.91. The fourth-order valence-corrected chi connectivity index (χ4v) is 1.97. The first-order valence-electron chi connectivity index (χ1n) is 6.15. The zero-order valence-electron chi connectivity index (χ0n) is 10.5. The number of benzene rings is 1. The molecular weight excluding hydrogens is 222 g/mol. The van der Waals surface area contributed by atoms with Gasteiger partial charge in [-0.2, -0.15) is 5.10 Å². The van der Waals surface area contributed by atoms with E-state index in [0.29, 0.717) is 5.92 Å². The first kappa shape index (κ1) is 11.0. The number of fused-ring (bicyclic) bond motifs is 1. The van der Waals surface area contributed by atoms with Gasteiger partial charge in [-0.15, -0.1) is 0 Å². The van der Waals surface area contributed by atoms with E-state index in [4.69, 9.17) is 0 Å². The minimum atomic E-state index is 0.454. The molecule has 0 saturated carbocycles. The van der Waals surface area contributed by atoms with E-state index in [1.54, 1.807) is 0 Å². The van der Waals surface area contributed by atoms with Crippen LogP contribution in [0.2, 0.25) is 0 Å². The Morgan fingerprint density at radius 3 is 2.56 bits per heavy atom. The van der Waals surface area contributed by atoms with Crippen molar-refractivity contribution in [3.8, 4) is 5.69 Å². The van der Waals surface area contributed by atoms with Gasteiger partial charge >= 0.3 is 0 Å². The maximum atomic E-state index is 4.53. The first-order valence-corrected chi connectivity index (χ1v) is 6.15. The first-order chi connectivity index (χ1) is 8.74. The molecule has 0 bridgehead atoms. The van der Waals surface area contributed by atoms with Crippen LogP contribution >= 0.6 is 0 Å². The van der Waals surface area contributed by atoms with Crippen LogP contribution in [-0.2, 0) is 0 Å². The van der Waals surface area contributed by atoms with Crippen molar-refractivity contribution in [3.05, 3.63) is 54.5 Å². The van der Waals surface area contributed by atoms with Gasteiger partial charge in [-0.05, 0) is 24.1 Å². The van der Waals surface area contributed by atoms with E-state index in [-0.39, 0.29) is 0 Å². The normalized spacial score (nSPS) is 11.3. The SMILES string of the molecule is CC(C)c1ccc(-n2cc3ccccc3n2)cn1. The molecule has 18 heavy (non-hydrogen) atoms. The lowest BCUT2D eigenvalue weighted by Gasteiger charge is -2.05. The second-order valence-corrected chi connectivity index (χ2v) is 4.73. The molecule has 0 aliphatic heterocycles. The summed E-state index contributed by atoms with van der Waals surface area (Å²) in [7, 11) is 0. The molecule has 0 fully saturated rings. The summed E-state index contributed by atoms with van der Waals surface area (Å²) in [5, 5.41) is 5.68. The molecule has 0 amide bonds. The summed E-state index contributed by atoms with van der Waals surface area (Å²) in [6.45, 7) is 4.29. The Kier molecular flexibility index (Phi) is 2.59. The topological polar surface area (TPSA) is 30.7 Å². The third kappa shape index (κ3) is 1.88. The summed E-state index contributed by atoms with van der Waals surface area (Å²) in [5.74, 6) is 0.454. The van der Waals surface area contributed by atoms with Gasteiger partial charge in [0, 0.05) is 17.3 Å². The Balaban J connectivity index is 2.03. The van der Waals surface area contributed by atoms with Gasteiger partial charge in [-0.25, -0.2) is 4.68 Å². The monoisotopic (exact) mass is 237 g/mol. The smallest absolute Gasteiger partial charge is 0.0927 e. The minimum Gasteiger partial charge on any atom is -0.259 e. The lowest BCUT2D eigenvalue weighted by molar-refractivity contribution is 0.812. The quantitative estimate of drug-likeness (QED) is 0.682. The van der Waals surface area contributed by atoms with Gasteiger partial charge in [0.05, 0.1) is 17.4 Å². The third-order valence-corrected chi connectivity index (χ3v) is 3.04. The minimum absolute atomic E-state index is 0.454. The van der Waals surface area contributed by atoms with Gasteiger partial charge in [0.25, 0.3) is 0 Å². The lowest BCUT2D eigenvalue weighted by atomic mass is 10.1. The predicted molar refractivity (Wildman–Crippen MR) is 73.0 cm³/mol. The Morgan fingerprint density at radius 1 is 1.06 bits per heavy atom. The van der Waals surface area contributed by atoms with Crippen LogP contribution in [-0.4, -0.2) is 14.8 Å². The van der Waals surface area contributed by atoms with E-state index in [2.05, 4.69) is 42.1 Å². The number of nitrogens with zero attached hydrogens (tertiary/aromatic N) is 3. The number of rotatable bonds is 2. The van der Waals surface area contributed by atoms with Crippen molar-refractivity contribution < 1.29 is 0 Å². The summed E-state index contributed by atoms with van der Waals surface area (Å²) in [4.78, 5) is 4.46. The largest absolute Gasteiger partial charge is 0.259 e. The van der Waals surface area contributed by atoms with Crippen LogP contribution < -0.4 is 0 Å². The average Bonchev–Trinajstić information content (AvgIpc) is 2.82. The summed E-state index contributed by atoms with van der Waals surface area (Å²) in [6, 6.07) is 12.2. The lowest BCUT2D eigenvalue weighted by Crippen LogP contribution is -1.98. The van der Waals surface area contributed by atoms with Crippen LogP contribution in [0, 0.1) is 0 Å². The Hall–Kier alpha value is -2.16. The molecule has 0 aliphatic rings. The fraction of sp³-hybridized carbons (Fsp3) is 0.200. The van der Waals surface area contributed by atoms with Gasteiger partial charge in [0.1, 0.15) is 0 Å². The highest BCUT2D eigenvalue weighted by molar-refractivity contribution is 5.78. The highest BCUT2D eigenvalue weighted by atomic mass is 15.3. The molecule has 2 heterocycles. The molecule has 0 N–H and O–H groups in total. The van der Waals surface area contributed by atoms with E-state index in [9.17, 15) is 0 Å². The van der Waals surface area contributed by atoms with Crippen molar-refractivity contribution in [2.24, 2.45) is 0 Å². The van der Waals surface area contributed by atoms with E-state index < -0.39 is 0 Å². The average molecular weight is 237 g/mol. The molecule has 3 heteroatoms. The molecular formula is C15H15N3. The molecule has 3 rings (SSSR count). The van der Waals surface area contributed by atoms with Gasteiger partial charge in [-0.3, -0.25) is 4.98 Å². The van der Waals surface area contributed by atoms with E-state index >= 15 is 0 Å².